The van der Waals surface area contributed by atoms with Crippen molar-refractivity contribution in [1.82, 2.24) is 13.5 Å². The van der Waals surface area contributed by atoms with Gasteiger partial charge < -0.3 is 0 Å². The zero-order valence-electron chi connectivity index (χ0n) is 11.7. The molecule has 3 fully saturated rings. The zero-order valence-corrected chi connectivity index (χ0v) is 13.4. The topological polar surface area (TPSA) is 78.0 Å². The minimum atomic E-state index is -3.36. The number of hydrogen-bond donors (Lipinski definition) is 0. The van der Waals surface area contributed by atoms with E-state index in [1.807, 2.05) is 0 Å². The first kappa shape index (κ1) is 15.3. The van der Waals surface area contributed by atoms with Crippen molar-refractivity contribution in [2.45, 2.75) is 31.7 Å². The summed E-state index contributed by atoms with van der Waals surface area (Å²) in [4.78, 5) is 24.7. The molecule has 7 nitrogen and oxygen atoms in total. The van der Waals surface area contributed by atoms with Gasteiger partial charge in [-0.15, -0.1) is 0 Å². The molecule has 3 aliphatic heterocycles. The zero-order chi connectivity index (χ0) is 15.0. The monoisotopic (exact) mass is 333 g/mol. The molecule has 3 aliphatic rings. The molecule has 3 saturated heterocycles. The molecule has 2 amide bonds. The van der Waals surface area contributed by atoms with Gasteiger partial charge in [0.15, 0.2) is 0 Å². The fraction of sp³-hybridized carbons (Fsp3) is 0.833. The van der Waals surface area contributed by atoms with Crippen molar-refractivity contribution < 1.29 is 18.0 Å². The Bertz CT molecular complexity index is 521. The molecule has 0 bridgehead atoms. The normalized spacial score (nSPS) is 27.0. The van der Waals surface area contributed by atoms with E-state index in [0.29, 0.717) is 39.0 Å². The van der Waals surface area contributed by atoms with Gasteiger partial charge in [0, 0.05) is 32.2 Å². The van der Waals surface area contributed by atoms with Crippen LogP contribution in [0.25, 0.3) is 0 Å². The molecule has 9 heteroatoms. The van der Waals surface area contributed by atoms with Gasteiger partial charge in [-0.25, -0.2) is 0 Å². The van der Waals surface area contributed by atoms with E-state index in [0.717, 1.165) is 24.6 Å². The standard InChI is InChI=1S/C12H19N3O4S2/c16-11-9-20-12(17)15(11)10-3-7-14(8-4-10)21(18,19)13-5-1-2-6-13/h10H,1-9H2. The molecule has 0 aliphatic carbocycles. The Hall–Kier alpha value is -0.640. The lowest BCUT2D eigenvalue weighted by Crippen LogP contribution is -2.51. The second-order valence-corrected chi connectivity index (χ2v) is 8.42. The number of nitrogens with zero attached hydrogens (tertiary/aromatic N) is 3. The first-order valence-electron chi connectivity index (χ1n) is 7.24. The quantitative estimate of drug-likeness (QED) is 0.751. The molecule has 0 spiro atoms. The van der Waals surface area contributed by atoms with Crippen molar-refractivity contribution in [1.29, 1.82) is 0 Å². The SMILES string of the molecule is O=C1CSC(=O)N1C1CCN(S(=O)(=O)N2CCCC2)CC1. The molecule has 0 unspecified atom stereocenters. The van der Waals surface area contributed by atoms with Gasteiger partial charge in [-0.2, -0.15) is 17.0 Å². The van der Waals surface area contributed by atoms with Crippen LogP contribution in [0.3, 0.4) is 0 Å². The van der Waals surface area contributed by atoms with Gasteiger partial charge in [0.1, 0.15) is 0 Å². The Balaban J connectivity index is 1.62. The second-order valence-electron chi connectivity index (χ2n) is 5.56. The van der Waals surface area contributed by atoms with E-state index >= 15 is 0 Å². The number of amides is 2. The third kappa shape index (κ3) is 2.84. The molecule has 118 valence electrons. The predicted octanol–water partition coefficient (Wildman–Crippen LogP) is 0.487. The molecule has 0 aromatic carbocycles. The summed E-state index contributed by atoms with van der Waals surface area (Å²) in [6.45, 7) is 1.96. The number of rotatable bonds is 3. The van der Waals surface area contributed by atoms with Crippen LogP contribution in [0.5, 0.6) is 0 Å². The Morgan fingerprint density at radius 3 is 2.05 bits per heavy atom. The summed E-state index contributed by atoms with van der Waals surface area (Å²) in [5.74, 6) is 0.0661. The molecule has 0 N–H and O–H groups in total. The first-order valence-corrected chi connectivity index (χ1v) is 9.62. The Morgan fingerprint density at radius 1 is 0.952 bits per heavy atom. The van der Waals surface area contributed by atoms with Crippen LogP contribution >= 0.6 is 11.8 Å². The van der Waals surface area contributed by atoms with Crippen LogP contribution in [0.4, 0.5) is 4.79 Å². The van der Waals surface area contributed by atoms with E-state index in [2.05, 4.69) is 0 Å². The van der Waals surface area contributed by atoms with Gasteiger partial charge in [-0.05, 0) is 25.7 Å². The van der Waals surface area contributed by atoms with E-state index in [1.54, 1.807) is 0 Å². The van der Waals surface area contributed by atoms with E-state index in [4.69, 9.17) is 0 Å². The molecule has 0 saturated carbocycles. The lowest BCUT2D eigenvalue weighted by Gasteiger charge is -2.36. The highest BCUT2D eigenvalue weighted by atomic mass is 32.2. The smallest absolute Gasteiger partial charge is 0.273 e. The van der Waals surface area contributed by atoms with Crippen LogP contribution in [0.1, 0.15) is 25.7 Å². The fourth-order valence-electron chi connectivity index (χ4n) is 3.13. The summed E-state index contributed by atoms with van der Waals surface area (Å²) in [5, 5.41) is -0.194. The molecule has 21 heavy (non-hydrogen) atoms. The van der Waals surface area contributed by atoms with Crippen LogP contribution in [-0.4, -0.2) is 71.0 Å². The van der Waals surface area contributed by atoms with Gasteiger partial charge >= 0.3 is 0 Å². The Labute approximate surface area is 128 Å². The maximum Gasteiger partial charge on any atom is 0.289 e. The van der Waals surface area contributed by atoms with Gasteiger partial charge in [-0.1, -0.05) is 11.8 Å². The van der Waals surface area contributed by atoms with Gasteiger partial charge in [0.05, 0.1) is 5.75 Å². The van der Waals surface area contributed by atoms with Crippen LogP contribution < -0.4 is 0 Å². The minimum Gasteiger partial charge on any atom is -0.273 e. The molecular formula is C12H19N3O4S2. The van der Waals surface area contributed by atoms with E-state index in [1.165, 1.54) is 13.5 Å². The van der Waals surface area contributed by atoms with Gasteiger partial charge in [0.25, 0.3) is 15.4 Å². The summed E-state index contributed by atoms with van der Waals surface area (Å²) < 4.78 is 27.9. The van der Waals surface area contributed by atoms with Gasteiger partial charge in [0.2, 0.25) is 5.91 Å². The minimum absolute atomic E-state index is 0.147. The highest BCUT2D eigenvalue weighted by molar-refractivity contribution is 8.14. The molecule has 3 heterocycles. The molecule has 0 aromatic rings. The van der Waals surface area contributed by atoms with Crippen molar-refractivity contribution in [2.24, 2.45) is 0 Å². The van der Waals surface area contributed by atoms with Crippen molar-refractivity contribution in [3.8, 4) is 0 Å². The van der Waals surface area contributed by atoms with Crippen molar-refractivity contribution >= 4 is 33.1 Å². The summed E-state index contributed by atoms with van der Waals surface area (Å²) in [6, 6.07) is -0.148. The van der Waals surface area contributed by atoms with E-state index in [9.17, 15) is 18.0 Å². The average molecular weight is 333 g/mol. The van der Waals surface area contributed by atoms with Crippen molar-refractivity contribution in [2.75, 3.05) is 31.9 Å². The summed E-state index contributed by atoms with van der Waals surface area (Å²) >= 11 is 1.03. The largest absolute Gasteiger partial charge is 0.289 e. The summed E-state index contributed by atoms with van der Waals surface area (Å²) in [7, 11) is -3.36. The summed E-state index contributed by atoms with van der Waals surface area (Å²) in [6.07, 6.45) is 2.91. The lowest BCUT2D eigenvalue weighted by atomic mass is 10.1. The van der Waals surface area contributed by atoms with Crippen molar-refractivity contribution in [3.05, 3.63) is 0 Å². The lowest BCUT2D eigenvalue weighted by molar-refractivity contribution is -0.126. The number of imide groups is 1. The maximum atomic E-state index is 12.4. The number of piperidine rings is 1. The average Bonchev–Trinajstić information content (AvgIpc) is 3.10. The van der Waals surface area contributed by atoms with Crippen LogP contribution in [-0.2, 0) is 15.0 Å². The number of hydrogen-bond acceptors (Lipinski definition) is 5. The number of carbonyl (C=O) groups excluding carboxylic acids is 2. The highest BCUT2D eigenvalue weighted by Crippen LogP contribution is 2.28. The van der Waals surface area contributed by atoms with Crippen LogP contribution in [0.15, 0.2) is 0 Å². The molecular weight excluding hydrogens is 314 g/mol. The van der Waals surface area contributed by atoms with Crippen LogP contribution in [0, 0.1) is 0 Å². The first-order chi connectivity index (χ1) is 10.00. The summed E-state index contributed by atoms with van der Waals surface area (Å²) in [5.41, 5.74) is 0. The van der Waals surface area contributed by atoms with Crippen molar-refractivity contribution in [3.63, 3.8) is 0 Å². The second kappa shape index (κ2) is 5.86. The van der Waals surface area contributed by atoms with Crippen LogP contribution in [0.2, 0.25) is 0 Å². The highest BCUT2D eigenvalue weighted by Gasteiger charge is 2.40. The molecule has 0 radical (unpaired) electrons. The predicted molar refractivity (Wildman–Crippen MR) is 79.0 cm³/mol. The molecule has 0 atom stereocenters. The van der Waals surface area contributed by atoms with E-state index in [-0.39, 0.29) is 22.9 Å². The third-order valence-electron chi connectivity index (χ3n) is 4.29. The fourth-order valence-corrected chi connectivity index (χ4v) is 5.62. The Kier molecular flexibility index (Phi) is 4.26. The third-order valence-corrected chi connectivity index (χ3v) is 7.16. The van der Waals surface area contributed by atoms with Gasteiger partial charge in [-0.3, -0.25) is 14.5 Å². The number of thioether (sulfide) groups is 1. The molecule has 3 rings (SSSR count). The Morgan fingerprint density at radius 2 is 1.52 bits per heavy atom. The number of carbonyl (C=O) groups is 2. The van der Waals surface area contributed by atoms with E-state index < -0.39 is 10.2 Å². The molecule has 0 aromatic heterocycles. The maximum absolute atomic E-state index is 12.4.